The Morgan fingerprint density at radius 3 is 2.88 bits per heavy atom. The third-order valence-corrected chi connectivity index (χ3v) is 7.07. The summed E-state index contributed by atoms with van der Waals surface area (Å²) in [7, 11) is 1.61. The summed E-state index contributed by atoms with van der Waals surface area (Å²) in [6.07, 6.45) is 5.14. The van der Waals surface area contributed by atoms with Crippen LogP contribution in [-0.4, -0.2) is 64.4 Å². The van der Waals surface area contributed by atoms with Gasteiger partial charge in [-0.2, -0.15) is 5.10 Å². The third-order valence-electron chi connectivity index (χ3n) is 5.90. The number of H-pyrrole nitrogens is 1. The lowest BCUT2D eigenvalue weighted by molar-refractivity contribution is 0.0962. The molecule has 0 spiro atoms. The van der Waals surface area contributed by atoms with Crippen LogP contribution in [-0.2, 0) is 4.74 Å². The van der Waals surface area contributed by atoms with Crippen molar-refractivity contribution in [1.29, 1.82) is 0 Å². The van der Waals surface area contributed by atoms with E-state index in [-0.39, 0.29) is 5.91 Å². The number of aromatic nitrogens is 5. The molecule has 0 saturated carbocycles. The molecule has 1 aromatic carbocycles. The van der Waals surface area contributed by atoms with Crippen LogP contribution in [0.3, 0.4) is 0 Å². The molecule has 0 bridgehead atoms. The number of fused-ring (bicyclic) bond motifs is 2. The molecular weight excluding hydrogens is 450 g/mol. The lowest BCUT2D eigenvalue weighted by Crippen LogP contribution is -2.36. The van der Waals surface area contributed by atoms with Crippen LogP contribution in [0, 0.1) is 0 Å². The van der Waals surface area contributed by atoms with E-state index < -0.39 is 0 Å². The first-order valence-corrected chi connectivity index (χ1v) is 11.8. The van der Waals surface area contributed by atoms with Crippen molar-refractivity contribution in [3.63, 3.8) is 0 Å². The Kier molecular flexibility index (Phi) is 5.16. The van der Waals surface area contributed by atoms with Crippen LogP contribution in [0.1, 0.15) is 10.4 Å². The van der Waals surface area contributed by atoms with Crippen LogP contribution in [0.5, 0.6) is 0 Å². The van der Waals surface area contributed by atoms with E-state index in [9.17, 15) is 4.79 Å². The highest BCUT2D eigenvalue weighted by molar-refractivity contribution is 7.22. The van der Waals surface area contributed by atoms with Gasteiger partial charge in [-0.15, -0.1) is 11.3 Å². The lowest BCUT2D eigenvalue weighted by Gasteiger charge is -2.28. The van der Waals surface area contributed by atoms with Crippen molar-refractivity contribution < 1.29 is 9.53 Å². The summed E-state index contributed by atoms with van der Waals surface area (Å²) in [5.74, 6) is 1.39. The van der Waals surface area contributed by atoms with Gasteiger partial charge in [0, 0.05) is 53.9 Å². The number of hydrogen-bond acceptors (Lipinski definition) is 8. The molecule has 34 heavy (non-hydrogen) atoms. The van der Waals surface area contributed by atoms with Crippen molar-refractivity contribution in [2.45, 2.75) is 0 Å². The lowest BCUT2D eigenvalue weighted by atomic mass is 10.1. The fourth-order valence-electron chi connectivity index (χ4n) is 4.17. The fourth-order valence-corrected chi connectivity index (χ4v) is 5.27. The number of rotatable bonds is 4. The molecule has 6 rings (SSSR count). The van der Waals surface area contributed by atoms with Gasteiger partial charge in [-0.3, -0.25) is 14.9 Å². The molecule has 5 aromatic rings. The van der Waals surface area contributed by atoms with Gasteiger partial charge in [0.25, 0.3) is 5.91 Å². The molecule has 5 heterocycles. The molecule has 1 aliphatic heterocycles. The zero-order valence-corrected chi connectivity index (χ0v) is 19.2. The summed E-state index contributed by atoms with van der Waals surface area (Å²) in [5, 5.41) is 10.8. The highest BCUT2D eigenvalue weighted by Crippen LogP contribution is 2.39. The third kappa shape index (κ3) is 3.57. The molecule has 9 nitrogen and oxygen atoms in total. The van der Waals surface area contributed by atoms with Gasteiger partial charge in [0.2, 0.25) is 0 Å². The zero-order chi connectivity index (χ0) is 23.1. The van der Waals surface area contributed by atoms with Crippen LogP contribution >= 0.6 is 11.3 Å². The second-order valence-electron chi connectivity index (χ2n) is 7.97. The van der Waals surface area contributed by atoms with Gasteiger partial charge in [-0.05, 0) is 18.2 Å². The van der Waals surface area contributed by atoms with E-state index in [4.69, 9.17) is 14.7 Å². The average molecular weight is 472 g/mol. The van der Waals surface area contributed by atoms with Crippen molar-refractivity contribution in [1.82, 2.24) is 30.5 Å². The molecule has 1 saturated heterocycles. The molecule has 0 radical (unpaired) electrons. The van der Waals surface area contributed by atoms with E-state index in [1.54, 1.807) is 30.8 Å². The first-order chi connectivity index (χ1) is 16.7. The molecule has 1 fully saturated rings. The molecule has 1 aliphatic rings. The molecule has 4 aromatic heterocycles. The topological polar surface area (TPSA) is 109 Å². The molecular formula is C24H21N7O2S. The fraction of sp³-hybridized carbons (Fsp3) is 0.208. The molecule has 1 amide bonds. The number of hydrogen-bond donors (Lipinski definition) is 2. The molecule has 170 valence electrons. The van der Waals surface area contributed by atoms with Crippen molar-refractivity contribution in [3.05, 3.63) is 54.5 Å². The van der Waals surface area contributed by atoms with E-state index in [0.717, 1.165) is 56.0 Å². The van der Waals surface area contributed by atoms with Crippen molar-refractivity contribution >= 4 is 44.2 Å². The number of ether oxygens (including phenoxy) is 1. The van der Waals surface area contributed by atoms with Crippen LogP contribution in [0.2, 0.25) is 0 Å². The molecule has 0 unspecified atom stereocenters. The van der Waals surface area contributed by atoms with Gasteiger partial charge in [-0.1, -0.05) is 12.1 Å². The number of nitrogens with zero attached hydrogens (tertiary/aromatic N) is 5. The molecule has 0 aliphatic carbocycles. The van der Waals surface area contributed by atoms with Crippen LogP contribution in [0.25, 0.3) is 42.9 Å². The largest absolute Gasteiger partial charge is 0.378 e. The Hall–Kier alpha value is -3.89. The SMILES string of the molecule is CNC(=O)c1cncc(-c2cc3nc(-c4cccc5[nH]ncc45)nc(N4CCOCC4)c3s2)c1. The molecule has 0 atom stereocenters. The number of carbonyl (C=O) groups is 1. The number of benzene rings is 1. The summed E-state index contributed by atoms with van der Waals surface area (Å²) < 4.78 is 6.58. The smallest absolute Gasteiger partial charge is 0.252 e. The second-order valence-corrected chi connectivity index (χ2v) is 9.03. The highest BCUT2D eigenvalue weighted by Gasteiger charge is 2.21. The highest BCUT2D eigenvalue weighted by atomic mass is 32.1. The van der Waals surface area contributed by atoms with Gasteiger partial charge in [-0.25, -0.2) is 9.97 Å². The number of anilines is 1. The predicted molar refractivity (Wildman–Crippen MR) is 132 cm³/mol. The van der Waals surface area contributed by atoms with Crippen molar-refractivity contribution in [2.75, 3.05) is 38.3 Å². The number of carbonyl (C=O) groups excluding carboxylic acids is 1. The quantitative estimate of drug-likeness (QED) is 0.413. The maximum Gasteiger partial charge on any atom is 0.252 e. The number of pyridine rings is 1. The molecule has 10 heteroatoms. The van der Waals surface area contributed by atoms with Gasteiger partial charge in [0.1, 0.15) is 0 Å². The average Bonchev–Trinajstić information content (AvgIpc) is 3.55. The summed E-state index contributed by atoms with van der Waals surface area (Å²) >= 11 is 1.61. The summed E-state index contributed by atoms with van der Waals surface area (Å²) in [4.78, 5) is 29.6. The second kappa shape index (κ2) is 8.47. The Bertz CT molecular complexity index is 1520. The maximum atomic E-state index is 12.1. The van der Waals surface area contributed by atoms with E-state index in [0.29, 0.717) is 24.6 Å². The normalized spacial score (nSPS) is 14.1. The minimum atomic E-state index is -0.167. The Balaban J connectivity index is 1.53. The van der Waals surface area contributed by atoms with E-state index in [1.165, 1.54) is 0 Å². The zero-order valence-electron chi connectivity index (χ0n) is 18.4. The van der Waals surface area contributed by atoms with E-state index in [1.807, 2.05) is 30.5 Å². The Morgan fingerprint density at radius 1 is 1.15 bits per heavy atom. The first-order valence-electron chi connectivity index (χ1n) is 11.0. The first kappa shape index (κ1) is 20.7. The number of thiophene rings is 1. The maximum absolute atomic E-state index is 12.1. The van der Waals surface area contributed by atoms with E-state index in [2.05, 4.69) is 31.5 Å². The van der Waals surface area contributed by atoms with Gasteiger partial charge in [0.15, 0.2) is 11.6 Å². The van der Waals surface area contributed by atoms with Crippen LogP contribution < -0.4 is 10.2 Å². The Morgan fingerprint density at radius 2 is 2.03 bits per heavy atom. The Labute approximate surface area is 198 Å². The summed E-state index contributed by atoms with van der Waals surface area (Å²) in [5.41, 5.74) is 4.12. The monoisotopic (exact) mass is 471 g/mol. The summed E-state index contributed by atoms with van der Waals surface area (Å²) in [6.45, 7) is 2.85. The van der Waals surface area contributed by atoms with Gasteiger partial charge < -0.3 is 15.0 Å². The van der Waals surface area contributed by atoms with Crippen LogP contribution in [0.15, 0.2) is 48.9 Å². The number of aromatic amines is 1. The predicted octanol–water partition coefficient (Wildman–Crippen LogP) is 3.49. The van der Waals surface area contributed by atoms with Gasteiger partial charge in [0.05, 0.1) is 40.7 Å². The minimum absolute atomic E-state index is 0.167. The standard InChI is InChI=1S/C24H21N7O2S/c1-25-24(32)15-9-14(11-26-12-15)20-10-19-21(34-20)23(31-5-7-33-8-6-31)29-22(28-19)16-3-2-4-18-17(16)13-27-30-18/h2-4,9-13H,5-8H2,1H3,(H,25,32)(H,27,30). The van der Waals surface area contributed by atoms with Crippen LogP contribution in [0.4, 0.5) is 5.82 Å². The number of amides is 1. The van der Waals surface area contributed by atoms with Gasteiger partial charge >= 0.3 is 0 Å². The van der Waals surface area contributed by atoms with Crippen molar-refractivity contribution in [2.24, 2.45) is 0 Å². The number of nitrogens with one attached hydrogen (secondary N) is 2. The minimum Gasteiger partial charge on any atom is -0.378 e. The van der Waals surface area contributed by atoms with E-state index >= 15 is 0 Å². The summed E-state index contributed by atoms with van der Waals surface area (Å²) in [6, 6.07) is 9.89. The molecule has 2 N–H and O–H groups in total. The van der Waals surface area contributed by atoms with Crippen molar-refractivity contribution in [3.8, 4) is 21.8 Å². The number of morpholine rings is 1.